The van der Waals surface area contributed by atoms with Gasteiger partial charge in [-0.2, -0.15) is 0 Å². The molecule has 34 heavy (non-hydrogen) atoms. The average molecular weight is 473 g/mol. The Hall–Kier alpha value is -3.46. The third-order valence-corrected chi connectivity index (χ3v) is 7.69. The number of thioether (sulfide) groups is 1. The second-order valence-corrected chi connectivity index (χ2v) is 9.74. The highest BCUT2D eigenvalue weighted by molar-refractivity contribution is 7.98. The summed E-state index contributed by atoms with van der Waals surface area (Å²) in [7, 11) is 1.71. The first-order chi connectivity index (χ1) is 16.6. The minimum atomic E-state index is -0.1000. The largest absolute Gasteiger partial charge is 0.284 e. The van der Waals surface area contributed by atoms with Crippen molar-refractivity contribution in [2.24, 2.45) is 7.05 Å². The van der Waals surface area contributed by atoms with E-state index in [1.807, 2.05) is 57.5 Å². The van der Waals surface area contributed by atoms with Crippen LogP contribution in [0.4, 0.5) is 0 Å². The maximum Gasteiger partial charge on any atom is 0.262 e. The number of aromatic nitrogens is 6. The lowest BCUT2D eigenvalue weighted by molar-refractivity contribution is 0.326. The van der Waals surface area contributed by atoms with Gasteiger partial charge in [0.05, 0.1) is 27.6 Å². The molecule has 3 aromatic heterocycles. The predicted molar refractivity (Wildman–Crippen MR) is 133 cm³/mol. The van der Waals surface area contributed by atoms with Gasteiger partial charge in [-0.1, -0.05) is 55.3 Å². The number of rotatable bonds is 4. The molecule has 1 aliphatic rings. The maximum atomic E-state index is 13.5. The van der Waals surface area contributed by atoms with Crippen LogP contribution >= 0.6 is 11.8 Å². The van der Waals surface area contributed by atoms with Gasteiger partial charge >= 0.3 is 0 Å². The molecule has 0 bridgehead atoms. The lowest BCUT2D eigenvalue weighted by Crippen LogP contribution is -2.29. The van der Waals surface area contributed by atoms with Crippen molar-refractivity contribution in [1.82, 2.24) is 28.7 Å². The Morgan fingerprint density at radius 3 is 2.47 bits per heavy atom. The summed E-state index contributed by atoms with van der Waals surface area (Å²) in [6.45, 7) is 0. The van der Waals surface area contributed by atoms with Gasteiger partial charge in [0, 0.05) is 13.1 Å². The van der Waals surface area contributed by atoms with Gasteiger partial charge in [-0.3, -0.25) is 23.1 Å². The minimum Gasteiger partial charge on any atom is -0.284 e. The van der Waals surface area contributed by atoms with Crippen molar-refractivity contribution in [2.45, 2.75) is 49.1 Å². The highest BCUT2D eigenvalue weighted by Gasteiger charge is 2.23. The summed E-state index contributed by atoms with van der Waals surface area (Å²) in [5.41, 5.74) is 1.41. The van der Waals surface area contributed by atoms with Gasteiger partial charge in [0.15, 0.2) is 5.16 Å². The van der Waals surface area contributed by atoms with Gasteiger partial charge in [-0.05, 0) is 37.1 Å². The molecular formula is C25H24N6O2S. The van der Waals surface area contributed by atoms with Crippen molar-refractivity contribution in [2.75, 3.05) is 0 Å². The molecular weight excluding hydrogens is 448 g/mol. The number of hydrogen-bond donors (Lipinski definition) is 0. The third kappa shape index (κ3) is 3.34. The first kappa shape index (κ1) is 21.1. The van der Waals surface area contributed by atoms with E-state index in [4.69, 9.17) is 4.98 Å². The number of hydrogen-bond acceptors (Lipinski definition) is 6. The topological polar surface area (TPSA) is 87.1 Å². The molecule has 6 rings (SSSR count). The van der Waals surface area contributed by atoms with Crippen molar-refractivity contribution in [3.63, 3.8) is 0 Å². The van der Waals surface area contributed by atoms with E-state index in [2.05, 4.69) is 10.2 Å². The Kier molecular flexibility index (Phi) is 5.21. The Morgan fingerprint density at radius 2 is 1.65 bits per heavy atom. The van der Waals surface area contributed by atoms with Crippen LogP contribution in [-0.2, 0) is 12.8 Å². The van der Waals surface area contributed by atoms with Crippen LogP contribution in [0.15, 0.2) is 63.3 Å². The number of fused-ring (bicyclic) bond motifs is 4. The smallest absolute Gasteiger partial charge is 0.262 e. The fraction of sp³-hybridized carbons (Fsp3) is 0.320. The Morgan fingerprint density at radius 1 is 0.912 bits per heavy atom. The van der Waals surface area contributed by atoms with E-state index in [0.29, 0.717) is 38.8 Å². The van der Waals surface area contributed by atoms with Crippen molar-refractivity contribution in [3.05, 3.63) is 75.1 Å². The lowest BCUT2D eigenvalue weighted by Gasteiger charge is -2.26. The molecule has 0 saturated heterocycles. The summed E-state index contributed by atoms with van der Waals surface area (Å²) >= 11 is 1.50. The molecule has 0 atom stereocenters. The Balaban J connectivity index is 1.47. The highest BCUT2D eigenvalue weighted by atomic mass is 32.2. The van der Waals surface area contributed by atoms with E-state index < -0.39 is 0 Å². The van der Waals surface area contributed by atoms with Gasteiger partial charge in [0.25, 0.3) is 11.1 Å². The van der Waals surface area contributed by atoms with E-state index in [1.54, 1.807) is 7.05 Å². The normalized spacial score (nSPS) is 15.0. The number of benzene rings is 2. The molecule has 1 aliphatic carbocycles. The molecule has 0 unspecified atom stereocenters. The number of nitrogens with zero attached hydrogens (tertiary/aromatic N) is 6. The zero-order valence-corrected chi connectivity index (χ0v) is 19.7. The van der Waals surface area contributed by atoms with Crippen LogP contribution in [0.3, 0.4) is 0 Å². The molecule has 5 aromatic rings. The second-order valence-electron chi connectivity index (χ2n) is 8.80. The SMILES string of the molecule is Cn1c(=O)c2ccccc2n2c(CSc3nc4ccccc4c(=O)n3C3CCCCC3)nnc12. The van der Waals surface area contributed by atoms with Gasteiger partial charge in [-0.15, -0.1) is 10.2 Å². The molecule has 0 amide bonds. The van der Waals surface area contributed by atoms with Crippen LogP contribution in [0.1, 0.15) is 44.0 Å². The Bertz CT molecular complexity index is 1660. The third-order valence-electron chi connectivity index (χ3n) is 6.74. The first-order valence-electron chi connectivity index (χ1n) is 11.6. The number of para-hydroxylation sites is 2. The van der Waals surface area contributed by atoms with Crippen LogP contribution in [0.2, 0.25) is 0 Å². The van der Waals surface area contributed by atoms with Crippen molar-refractivity contribution in [1.29, 1.82) is 0 Å². The Labute approximate surface area is 199 Å². The molecule has 172 valence electrons. The quantitative estimate of drug-likeness (QED) is 0.289. The van der Waals surface area contributed by atoms with E-state index >= 15 is 0 Å². The maximum absolute atomic E-state index is 13.5. The summed E-state index contributed by atoms with van der Waals surface area (Å²) in [6.07, 6.45) is 5.46. The second kappa shape index (κ2) is 8.39. The van der Waals surface area contributed by atoms with Crippen molar-refractivity contribution in [3.8, 4) is 0 Å². The van der Waals surface area contributed by atoms with Gasteiger partial charge in [-0.25, -0.2) is 4.98 Å². The first-order valence-corrected chi connectivity index (χ1v) is 12.6. The lowest BCUT2D eigenvalue weighted by atomic mass is 9.95. The minimum absolute atomic E-state index is 0.0268. The standard InChI is InChI=1S/C25H24N6O2S/c1-29-22(32)18-12-6-8-14-20(18)31-21(27-28-24(29)31)15-34-25-26-19-13-7-5-11-17(19)23(33)30(25)16-9-3-2-4-10-16/h5-8,11-14,16H,2-4,9-10,15H2,1H3. The predicted octanol–water partition coefficient (Wildman–Crippen LogP) is 4.09. The molecule has 0 N–H and O–H groups in total. The monoisotopic (exact) mass is 472 g/mol. The van der Waals surface area contributed by atoms with Crippen LogP contribution < -0.4 is 11.1 Å². The number of aryl methyl sites for hydroxylation is 1. The van der Waals surface area contributed by atoms with Crippen molar-refractivity contribution >= 4 is 39.3 Å². The molecule has 1 fully saturated rings. The van der Waals surface area contributed by atoms with E-state index in [9.17, 15) is 9.59 Å². The highest BCUT2D eigenvalue weighted by Crippen LogP contribution is 2.32. The van der Waals surface area contributed by atoms with E-state index in [-0.39, 0.29) is 17.2 Å². The van der Waals surface area contributed by atoms with Crippen LogP contribution in [0.25, 0.3) is 27.6 Å². The zero-order chi connectivity index (χ0) is 23.2. The molecule has 0 spiro atoms. The van der Waals surface area contributed by atoms with Gasteiger partial charge < -0.3 is 0 Å². The molecule has 9 heteroatoms. The molecule has 1 saturated carbocycles. The average Bonchev–Trinajstić information content (AvgIpc) is 3.31. The van der Waals surface area contributed by atoms with Gasteiger partial charge in [0.1, 0.15) is 5.82 Å². The van der Waals surface area contributed by atoms with E-state index in [1.165, 1.54) is 22.7 Å². The molecule has 8 nitrogen and oxygen atoms in total. The summed E-state index contributed by atoms with van der Waals surface area (Å²) in [6, 6.07) is 15.2. The molecule has 3 heterocycles. The summed E-state index contributed by atoms with van der Waals surface area (Å²) in [5.74, 6) is 1.68. The van der Waals surface area contributed by atoms with Crippen LogP contribution in [0.5, 0.6) is 0 Å². The molecule has 0 aliphatic heterocycles. The summed E-state index contributed by atoms with van der Waals surface area (Å²) < 4.78 is 5.35. The summed E-state index contributed by atoms with van der Waals surface area (Å²) in [4.78, 5) is 31.2. The summed E-state index contributed by atoms with van der Waals surface area (Å²) in [5, 5.41) is 10.7. The van der Waals surface area contributed by atoms with Crippen LogP contribution in [0, 0.1) is 0 Å². The molecule has 0 radical (unpaired) electrons. The fourth-order valence-corrected chi connectivity index (χ4v) is 5.98. The van der Waals surface area contributed by atoms with E-state index in [0.717, 1.165) is 31.2 Å². The zero-order valence-electron chi connectivity index (χ0n) is 18.8. The van der Waals surface area contributed by atoms with Crippen LogP contribution in [-0.4, -0.2) is 28.7 Å². The van der Waals surface area contributed by atoms with Gasteiger partial charge in [0.2, 0.25) is 5.78 Å². The molecule has 2 aromatic carbocycles. The van der Waals surface area contributed by atoms with Crippen molar-refractivity contribution < 1.29 is 0 Å². The fourth-order valence-electron chi connectivity index (χ4n) is 5.00.